The molecule has 1 atom stereocenters. The second-order valence-corrected chi connectivity index (χ2v) is 7.10. The van der Waals surface area contributed by atoms with Crippen LogP contribution in [-0.4, -0.2) is 25.7 Å². The zero-order chi connectivity index (χ0) is 15.7. The van der Waals surface area contributed by atoms with Crippen LogP contribution in [0.4, 0.5) is 8.78 Å². The average Bonchev–Trinajstić information content (AvgIpc) is 2.31. The Bertz CT molecular complexity index is 598. The Kier molecular flexibility index (Phi) is 4.89. The van der Waals surface area contributed by atoms with Crippen LogP contribution in [0.25, 0.3) is 0 Å². The van der Waals surface area contributed by atoms with Gasteiger partial charge in [0.25, 0.3) is 0 Å². The molecule has 0 aliphatic carbocycles. The van der Waals surface area contributed by atoms with Crippen molar-refractivity contribution >= 4 is 10.0 Å². The summed E-state index contributed by atoms with van der Waals surface area (Å²) in [5.74, 6) is -2.03. The standard InChI is InChI=1S/C13H19F2NO3S/c1-8(2)13(4,17)7-16-20(18,19)12-6-10(14)9(3)5-11(12)15/h5-6,8,16-17H,7H2,1-4H3. The van der Waals surface area contributed by atoms with Gasteiger partial charge in [-0.1, -0.05) is 13.8 Å². The first-order chi connectivity index (χ1) is 8.97. The Morgan fingerprint density at radius 3 is 2.35 bits per heavy atom. The molecule has 0 saturated carbocycles. The Morgan fingerprint density at radius 2 is 1.85 bits per heavy atom. The van der Waals surface area contributed by atoms with E-state index in [9.17, 15) is 22.3 Å². The van der Waals surface area contributed by atoms with Crippen LogP contribution < -0.4 is 4.72 Å². The van der Waals surface area contributed by atoms with Gasteiger partial charge in [0.2, 0.25) is 10.0 Å². The third kappa shape index (κ3) is 3.74. The third-order valence-electron chi connectivity index (χ3n) is 3.37. The summed E-state index contributed by atoms with van der Waals surface area (Å²) in [6, 6.07) is 1.46. The highest BCUT2D eigenvalue weighted by Gasteiger charge is 2.29. The lowest BCUT2D eigenvalue weighted by molar-refractivity contribution is 0.0190. The highest BCUT2D eigenvalue weighted by molar-refractivity contribution is 7.89. The maximum absolute atomic E-state index is 13.7. The molecule has 7 heteroatoms. The fraction of sp³-hybridized carbons (Fsp3) is 0.538. The first-order valence-corrected chi connectivity index (χ1v) is 7.63. The van der Waals surface area contributed by atoms with Crippen molar-refractivity contribution in [2.45, 2.75) is 38.2 Å². The van der Waals surface area contributed by atoms with Crippen molar-refractivity contribution in [2.75, 3.05) is 6.54 Å². The van der Waals surface area contributed by atoms with Gasteiger partial charge in [0, 0.05) is 6.54 Å². The van der Waals surface area contributed by atoms with E-state index in [1.54, 1.807) is 13.8 Å². The van der Waals surface area contributed by atoms with Crippen LogP contribution in [0.15, 0.2) is 17.0 Å². The van der Waals surface area contributed by atoms with E-state index < -0.39 is 32.2 Å². The van der Waals surface area contributed by atoms with E-state index >= 15 is 0 Å². The van der Waals surface area contributed by atoms with E-state index in [2.05, 4.69) is 4.72 Å². The molecule has 0 amide bonds. The number of hydrogen-bond acceptors (Lipinski definition) is 3. The van der Waals surface area contributed by atoms with Crippen LogP contribution in [-0.2, 0) is 10.0 Å². The predicted molar refractivity (Wildman–Crippen MR) is 71.7 cm³/mol. The number of benzene rings is 1. The van der Waals surface area contributed by atoms with E-state index in [-0.39, 0.29) is 18.0 Å². The van der Waals surface area contributed by atoms with Crippen molar-refractivity contribution in [3.05, 3.63) is 29.3 Å². The third-order valence-corrected chi connectivity index (χ3v) is 4.78. The van der Waals surface area contributed by atoms with Crippen molar-refractivity contribution in [3.8, 4) is 0 Å². The quantitative estimate of drug-likeness (QED) is 0.874. The molecular formula is C13H19F2NO3S. The molecule has 0 saturated heterocycles. The normalized spacial score (nSPS) is 15.4. The first-order valence-electron chi connectivity index (χ1n) is 6.15. The topological polar surface area (TPSA) is 66.4 Å². The lowest BCUT2D eigenvalue weighted by Gasteiger charge is -2.27. The van der Waals surface area contributed by atoms with Crippen molar-refractivity contribution in [1.82, 2.24) is 4.72 Å². The maximum atomic E-state index is 13.7. The minimum absolute atomic E-state index is 0.0237. The van der Waals surface area contributed by atoms with Gasteiger partial charge in [-0.25, -0.2) is 21.9 Å². The van der Waals surface area contributed by atoms with E-state index in [4.69, 9.17) is 0 Å². The molecule has 114 valence electrons. The number of nitrogens with one attached hydrogen (secondary N) is 1. The summed E-state index contributed by atoms with van der Waals surface area (Å²) in [6.07, 6.45) is 0. The summed E-state index contributed by atoms with van der Waals surface area (Å²) < 4.78 is 53.1. The number of halogens is 2. The zero-order valence-corrected chi connectivity index (χ0v) is 12.7. The van der Waals surface area contributed by atoms with Crippen molar-refractivity contribution in [3.63, 3.8) is 0 Å². The van der Waals surface area contributed by atoms with Gasteiger partial charge in [0.1, 0.15) is 16.5 Å². The molecule has 2 N–H and O–H groups in total. The molecule has 0 heterocycles. The summed E-state index contributed by atoms with van der Waals surface area (Å²) in [7, 11) is -4.22. The molecule has 0 aliphatic rings. The molecule has 0 radical (unpaired) electrons. The number of aryl methyl sites for hydroxylation is 1. The molecule has 1 aromatic rings. The van der Waals surface area contributed by atoms with Crippen LogP contribution in [0.5, 0.6) is 0 Å². The largest absolute Gasteiger partial charge is 0.389 e. The molecule has 0 aliphatic heterocycles. The van der Waals surface area contributed by atoms with Gasteiger partial charge in [-0.05, 0) is 37.5 Å². The molecular weight excluding hydrogens is 288 g/mol. The number of hydrogen-bond donors (Lipinski definition) is 2. The van der Waals surface area contributed by atoms with Crippen LogP contribution in [0.2, 0.25) is 0 Å². The Hall–Kier alpha value is -1.05. The van der Waals surface area contributed by atoms with Gasteiger partial charge >= 0.3 is 0 Å². The molecule has 0 aromatic heterocycles. The predicted octanol–water partition coefficient (Wildman–Crippen LogP) is 1.96. The zero-order valence-electron chi connectivity index (χ0n) is 11.9. The highest BCUT2D eigenvalue weighted by atomic mass is 32.2. The molecule has 0 spiro atoms. The van der Waals surface area contributed by atoms with E-state index in [0.717, 1.165) is 6.07 Å². The lowest BCUT2D eigenvalue weighted by Crippen LogP contribution is -2.44. The fourth-order valence-corrected chi connectivity index (χ4v) is 2.57. The van der Waals surface area contributed by atoms with Gasteiger partial charge in [-0.3, -0.25) is 0 Å². The maximum Gasteiger partial charge on any atom is 0.243 e. The van der Waals surface area contributed by atoms with Crippen molar-refractivity contribution in [2.24, 2.45) is 5.92 Å². The smallest absolute Gasteiger partial charge is 0.243 e. The molecule has 0 bridgehead atoms. The van der Waals surface area contributed by atoms with Gasteiger partial charge in [0.05, 0.1) is 5.60 Å². The summed E-state index contributed by atoms with van der Waals surface area (Å²) in [6.45, 7) is 5.96. The van der Waals surface area contributed by atoms with E-state index in [1.807, 2.05) is 0 Å². The summed E-state index contributed by atoms with van der Waals surface area (Å²) >= 11 is 0. The van der Waals surface area contributed by atoms with Gasteiger partial charge in [-0.2, -0.15) is 0 Å². The monoisotopic (exact) mass is 307 g/mol. The summed E-state index contributed by atoms with van der Waals surface area (Å²) in [5.41, 5.74) is -1.26. The second kappa shape index (κ2) is 5.75. The average molecular weight is 307 g/mol. The van der Waals surface area contributed by atoms with E-state index in [1.165, 1.54) is 13.8 Å². The molecule has 4 nitrogen and oxygen atoms in total. The summed E-state index contributed by atoms with van der Waals surface area (Å²) in [5, 5.41) is 9.98. The van der Waals surface area contributed by atoms with Crippen LogP contribution >= 0.6 is 0 Å². The number of aliphatic hydroxyl groups is 1. The first kappa shape index (κ1) is 17.0. The van der Waals surface area contributed by atoms with Crippen LogP contribution in [0.3, 0.4) is 0 Å². The van der Waals surface area contributed by atoms with Gasteiger partial charge < -0.3 is 5.11 Å². The molecule has 1 rings (SSSR count). The van der Waals surface area contributed by atoms with Crippen molar-refractivity contribution < 1.29 is 22.3 Å². The Morgan fingerprint density at radius 1 is 1.30 bits per heavy atom. The van der Waals surface area contributed by atoms with Gasteiger partial charge in [-0.15, -0.1) is 0 Å². The fourth-order valence-electron chi connectivity index (χ4n) is 1.36. The minimum atomic E-state index is -4.22. The molecule has 1 unspecified atom stereocenters. The van der Waals surface area contributed by atoms with E-state index in [0.29, 0.717) is 6.07 Å². The minimum Gasteiger partial charge on any atom is -0.389 e. The highest BCUT2D eigenvalue weighted by Crippen LogP contribution is 2.20. The SMILES string of the molecule is Cc1cc(F)c(S(=O)(=O)NCC(C)(O)C(C)C)cc1F. The second-order valence-electron chi connectivity index (χ2n) is 5.37. The van der Waals surface area contributed by atoms with Gasteiger partial charge in [0.15, 0.2) is 0 Å². The Balaban J connectivity index is 3.04. The Labute approximate surface area is 117 Å². The molecule has 20 heavy (non-hydrogen) atoms. The number of rotatable bonds is 5. The molecule has 1 aromatic carbocycles. The molecule has 0 fully saturated rings. The summed E-state index contributed by atoms with van der Waals surface area (Å²) in [4.78, 5) is -0.764. The van der Waals surface area contributed by atoms with Crippen molar-refractivity contribution in [1.29, 1.82) is 0 Å². The van der Waals surface area contributed by atoms with Crippen LogP contribution in [0, 0.1) is 24.5 Å². The van der Waals surface area contributed by atoms with Crippen LogP contribution in [0.1, 0.15) is 26.3 Å². The number of sulfonamides is 1. The lowest BCUT2D eigenvalue weighted by atomic mass is 9.93.